The molecular weight excluding hydrogens is 184 g/mol. The van der Waals surface area contributed by atoms with E-state index < -0.39 is 0 Å². The zero-order chi connectivity index (χ0) is 9.42. The number of hydrogen-bond acceptors (Lipinski definition) is 1. The van der Waals surface area contributed by atoms with Crippen molar-refractivity contribution < 1.29 is 4.79 Å². The Morgan fingerprint density at radius 3 is 2.85 bits per heavy atom. The number of hydrogen-bond donors (Lipinski definition) is 0. The minimum atomic E-state index is 0.0675. The predicted molar refractivity (Wildman–Crippen MR) is 53.2 cm³/mol. The Morgan fingerprint density at radius 2 is 2.08 bits per heavy atom. The number of ketones is 1. The zero-order valence-electron chi connectivity index (χ0n) is 7.14. The second kappa shape index (κ2) is 3.00. The van der Waals surface area contributed by atoms with Gasteiger partial charge in [-0.2, -0.15) is 0 Å². The maximum Gasteiger partial charge on any atom is 0.188 e. The summed E-state index contributed by atoms with van der Waals surface area (Å²) in [5.41, 5.74) is 2.51. The van der Waals surface area contributed by atoms with Gasteiger partial charge >= 0.3 is 0 Å². The van der Waals surface area contributed by atoms with Gasteiger partial charge in [0.05, 0.1) is 0 Å². The van der Waals surface area contributed by atoms with Crippen LogP contribution < -0.4 is 0 Å². The molecule has 2 heteroatoms. The van der Waals surface area contributed by atoms with Crippen LogP contribution in [0.15, 0.2) is 30.4 Å². The van der Waals surface area contributed by atoms with Crippen LogP contribution in [0.1, 0.15) is 22.3 Å². The van der Waals surface area contributed by atoms with E-state index in [0.717, 1.165) is 24.0 Å². The van der Waals surface area contributed by atoms with Crippen molar-refractivity contribution in [1.29, 1.82) is 0 Å². The number of allylic oxidation sites excluding steroid dienone is 1. The number of Topliss-reactive ketones (excluding diaryl/α,β-unsaturated/α-hetero) is 1. The average Bonchev–Trinajstić information content (AvgIpc) is 2.12. The van der Waals surface area contributed by atoms with E-state index in [-0.39, 0.29) is 5.78 Å². The molecule has 1 aromatic carbocycles. The van der Waals surface area contributed by atoms with E-state index in [1.54, 1.807) is 12.1 Å². The van der Waals surface area contributed by atoms with Gasteiger partial charge < -0.3 is 0 Å². The zero-order valence-corrected chi connectivity index (χ0v) is 7.90. The Kier molecular flexibility index (Phi) is 1.97. The Hall–Kier alpha value is -1.08. The molecule has 0 spiro atoms. The van der Waals surface area contributed by atoms with Crippen molar-refractivity contribution in [3.63, 3.8) is 0 Å². The molecule has 0 aliphatic heterocycles. The Balaban J connectivity index is 2.56. The van der Waals surface area contributed by atoms with Crippen LogP contribution in [0.5, 0.6) is 0 Å². The van der Waals surface area contributed by atoms with E-state index in [4.69, 9.17) is 11.6 Å². The number of rotatable bonds is 0. The quantitative estimate of drug-likeness (QED) is 0.578. The van der Waals surface area contributed by atoms with Crippen molar-refractivity contribution >= 4 is 17.4 Å². The molecule has 0 N–H and O–H groups in total. The van der Waals surface area contributed by atoms with Crippen molar-refractivity contribution in [3.8, 4) is 0 Å². The van der Waals surface area contributed by atoms with Crippen molar-refractivity contribution in [2.75, 3.05) is 0 Å². The third-order valence-electron chi connectivity index (χ3n) is 2.33. The fourth-order valence-electron chi connectivity index (χ4n) is 1.58. The minimum absolute atomic E-state index is 0.0675. The molecule has 0 heterocycles. The van der Waals surface area contributed by atoms with Crippen LogP contribution in [0.25, 0.3) is 0 Å². The molecule has 66 valence electrons. The summed E-state index contributed by atoms with van der Waals surface area (Å²) in [7, 11) is 0. The van der Waals surface area contributed by atoms with Crippen LogP contribution >= 0.6 is 11.6 Å². The molecule has 0 aromatic heterocycles. The second-order valence-corrected chi connectivity index (χ2v) is 3.67. The van der Waals surface area contributed by atoms with Crippen LogP contribution in [-0.4, -0.2) is 5.78 Å². The van der Waals surface area contributed by atoms with Crippen molar-refractivity contribution in [2.45, 2.75) is 12.8 Å². The van der Waals surface area contributed by atoms with E-state index in [1.807, 2.05) is 6.07 Å². The largest absolute Gasteiger partial charge is 0.289 e. The lowest BCUT2D eigenvalue weighted by molar-refractivity contribution is 0.102. The first-order chi connectivity index (χ1) is 6.18. The van der Waals surface area contributed by atoms with Gasteiger partial charge in [-0.1, -0.05) is 18.2 Å². The summed E-state index contributed by atoms with van der Waals surface area (Å²) in [4.78, 5) is 11.6. The van der Waals surface area contributed by atoms with Gasteiger partial charge in [0.15, 0.2) is 5.78 Å². The molecule has 0 fully saturated rings. The van der Waals surface area contributed by atoms with Crippen molar-refractivity contribution in [2.24, 2.45) is 0 Å². The number of halogens is 1. The van der Waals surface area contributed by atoms with Gasteiger partial charge in [0.25, 0.3) is 0 Å². The van der Waals surface area contributed by atoms with Gasteiger partial charge in [-0.25, -0.2) is 0 Å². The summed E-state index contributed by atoms with van der Waals surface area (Å²) in [6.45, 7) is 3.73. The molecule has 0 atom stereocenters. The molecule has 0 radical (unpaired) electrons. The summed E-state index contributed by atoms with van der Waals surface area (Å²) >= 11 is 5.83. The van der Waals surface area contributed by atoms with Crippen LogP contribution in [0.3, 0.4) is 0 Å². The molecule has 1 nitrogen and oxygen atoms in total. The fourth-order valence-corrected chi connectivity index (χ4v) is 1.77. The lowest BCUT2D eigenvalue weighted by Gasteiger charge is -2.16. The van der Waals surface area contributed by atoms with Crippen molar-refractivity contribution in [1.82, 2.24) is 0 Å². The molecule has 1 aliphatic carbocycles. The van der Waals surface area contributed by atoms with Crippen LogP contribution in [0.4, 0.5) is 0 Å². The van der Waals surface area contributed by atoms with Crippen LogP contribution in [-0.2, 0) is 6.42 Å². The lowest BCUT2D eigenvalue weighted by atomic mass is 9.88. The highest BCUT2D eigenvalue weighted by Gasteiger charge is 2.19. The molecule has 13 heavy (non-hydrogen) atoms. The summed E-state index contributed by atoms with van der Waals surface area (Å²) in [5.74, 6) is 0.0675. The topological polar surface area (TPSA) is 17.1 Å². The third kappa shape index (κ3) is 1.40. The van der Waals surface area contributed by atoms with Gasteiger partial charge in [0.1, 0.15) is 0 Å². The van der Waals surface area contributed by atoms with E-state index in [2.05, 4.69) is 6.58 Å². The maximum absolute atomic E-state index is 11.6. The normalized spacial score (nSPS) is 15.8. The molecule has 2 rings (SSSR count). The van der Waals surface area contributed by atoms with Gasteiger partial charge in [0, 0.05) is 10.6 Å². The second-order valence-electron chi connectivity index (χ2n) is 3.23. The first kappa shape index (κ1) is 8.52. The summed E-state index contributed by atoms with van der Waals surface area (Å²) < 4.78 is 0. The molecule has 0 amide bonds. The standard InChI is InChI=1S/C11H9ClO/c1-7-2-3-8-6-9(12)4-5-10(8)11(7)13/h4-6H,1-3H2. The highest BCUT2D eigenvalue weighted by molar-refractivity contribution is 6.30. The van der Waals surface area contributed by atoms with Crippen molar-refractivity contribution in [3.05, 3.63) is 46.5 Å². The summed E-state index contributed by atoms with van der Waals surface area (Å²) in [6, 6.07) is 5.39. The third-order valence-corrected chi connectivity index (χ3v) is 2.56. The summed E-state index contributed by atoms with van der Waals surface area (Å²) in [6.07, 6.45) is 1.63. The van der Waals surface area contributed by atoms with Gasteiger partial charge in [-0.15, -0.1) is 0 Å². The lowest BCUT2D eigenvalue weighted by Crippen LogP contribution is -2.12. The molecule has 1 aliphatic rings. The van der Waals surface area contributed by atoms with Crippen LogP contribution in [0.2, 0.25) is 5.02 Å². The molecule has 0 bridgehead atoms. The Labute approximate surface area is 82.0 Å². The summed E-state index contributed by atoms with van der Waals surface area (Å²) in [5, 5.41) is 0.694. The van der Waals surface area contributed by atoms with E-state index in [1.165, 1.54) is 0 Å². The van der Waals surface area contributed by atoms with E-state index in [9.17, 15) is 4.79 Å². The first-order valence-electron chi connectivity index (χ1n) is 4.19. The average molecular weight is 193 g/mol. The molecule has 1 aromatic rings. The SMILES string of the molecule is C=C1CCc2cc(Cl)ccc2C1=O. The molecule has 0 saturated heterocycles. The fraction of sp³-hybridized carbons (Fsp3) is 0.182. The highest BCUT2D eigenvalue weighted by Crippen LogP contribution is 2.26. The Morgan fingerprint density at radius 1 is 1.31 bits per heavy atom. The van der Waals surface area contributed by atoms with Gasteiger partial charge in [0.2, 0.25) is 0 Å². The van der Waals surface area contributed by atoms with E-state index in [0.29, 0.717) is 10.6 Å². The smallest absolute Gasteiger partial charge is 0.188 e. The molecule has 0 unspecified atom stereocenters. The Bertz CT molecular complexity index is 393. The van der Waals surface area contributed by atoms with Gasteiger partial charge in [-0.05, 0) is 42.2 Å². The predicted octanol–water partition coefficient (Wildman–Crippen LogP) is 3.03. The number of carbonyl (C=O) groups is 1. The molecular formula is C11H9ClO. The molecule has 0 saturated carbocycles. The number of benzene rings is 1. The monoisotopic (exact) mass is 192 g/mol. The number of fused-ring (bicyclic) bond motifs is 1. The first-order valence-corrected chi connectivity index (χ1v) is 4.57. The van der Waals surface area contributed by atoms with E-state index >= 15 is 0 Å². The van der Waals surface area contributed by atoms with Crippen LogP contribution in [0, 0.1) is 0 Å². The van der Waals surface area contributed by atoms with Gasteiger partial charge in [-0.3, -0.25) is 4.79 Å². The maximum atomic E-state index is 11.6. The number of aryl methyl sites for hydroxylation is 1. The highest BCUT2D eigenvalue weighted by atomic mass is 35.5. The number of carbonyl (C=O) groups excluding carboxylic acids is 1. The minimum Gasteiger partial charge on any atom is -0.289 e.